The van der Waals surface area contributed by atoms with Gasteiger partial charge in [0.05, 0.1) is 25.4 Å². The minimum Gasteiger partial charge on any atom is -0.460 e. The van der Waals surface area contributed by atoms with Crippen molar-refractivity contribution in [2.24, 2.45) is 5.92 Å². The molecular formula is C28H33N5O3. The van der Waals surface area contributed by atoms with Crippen molar-refractivity contribution in [1.82, 2.24) is 24.1 Å². The summed E-state index contributed by atoms with van der Waals surface area (Å²) in [6, 6.07) is 18.5. The number of ether oxygens (including phenoxy) is 1. The molecule has 188 valence electrons. The molecule has 6 rings (SSSR count). The number of morpholine rings is 1. The molecule has 36 heavy (non-hydrogen) atoms. The van der Waals surface area contributed by atoms with Gasteiger partial charge in [0.1, 0.15) is 17.7 Å². The van der Waals surface area contributed by atoms with E-state index in [4.69, 9.17) is 9.15 Å². The fraction of sp³-hybridized carbons (Fsp3) is 0.429. The van der Waals surface area contributed by atoms with Crippen LogP contribution in [0.25, 0.3) is 16.7 Å². The SMILES string of the molecule is O=c1n(-c2ccc(CN3CCOCC3)cc2)cnn1CC1CCN(Cc2cc3ccccc3o2)CC1. The van der Waals surface area contributed by atoms with Crippen LogP contribution in [0, 0.1) is 5.92 Å². The Kier molecular flexibility index (Phi) is 6.72. The lowest BCUT2D eigenvalue weighted by atomic mass is 9.97. The normalized spacial score (nSPS) is 18.2. The predicted octanol–water partition coefficient (Wildman–Crippen LogP) is 3.52. The van der Waals surface area contributed by atoms with Gasteiger partial charge in [-0.25, -0.2) is 14.0 Å². The molecule has 0 N–H and O–H groups in total. The summed E-state index contributed by atoms with van der Waals surface area (Å²) in [6.45, 7) is 7.94. The molecule has 0 spiro atoms. The number of para-hydroxylation sites is 1. The highest BCUT2D eigenvalue weighted by molar-refractivity contribution is 5.77. The molecule has 2 fully saturated rings. The van der Waals surface area contributed by atoms with E-state index in [2.05, 4.69) is 39.2 Å². The highest BCUT2D eigenvalue weighted by Crippen LogP contribution is 2.24. The Morgan fingerprint density at radius 3 is 2.42 bits per heavy atom. The summed E-state index contributed by atoms with van der Waals surface area (Å²) in [5, 5.41) is 5.59. The van der Waals surface area contributed by atoms with E-state index in [-0.39, 0.29) is 5.69 Å². The van der Waals surface area contributed by atoms with Crippen molar-refractivity contribution in [2.75, 3.05) is 39.4 Å². The average Bonchev–Trinajstić information content (AvgIpc) is 3.49. The van der Waals surface area contributed by atoms with E-state index >= 15 is 0 Å². The molecule has 2 saturated heterocycles. The van der Waals surface area contributed by atoms with Crippen molar-refractivity contribution < 1.29 is 9.15 Å². The number of furan rings is 1. The van der Waals surface area contributed by atoms with E-state index in [0.717, 1.165) is 87.7 Å². The summed E-state index contributed by atoms with van der Waals surface area (Å²) in [4.78, 5) is 17.9. The number of rotatable bonds is 7. The number of aromatic nitrogens is 3. The van der Waals surface area contributed by atoms with Crippen LogP contribution in [0.15, 0.2) is 70.1 Å². The molecule has 8 nitrogen and oxygen atoms in total. The Morgan fingerprint density at radius 1 is 0.889 bits per heavy atom. The van der Waals surface area contributed by atoms with Crippen LogP contribution in [-0.4, -0.2) is 63.5 Å². The molecule has 8 heteroatoms. The van der Waals surface area contributed by atoms with Crippen molar-refractivity contribution in [3.8, 4) is 5.69 Å². The van der Waals surface area contributed by atoms with Gasteiger partial charge in [0.25, 0.3) is 0 Å². The van der Waals surface area contributed by atoms with Gasteiger partial charge in [0, 0.05) is 31.6 Å². The lowest BCUT2D eigenvalue weighted by molar-refractivity contribution is 0.0342. The second-order valence-corrected chi connectivity index (χ2v) is 9.99. The van der Waals surface area contributed by atoms with Gasteiger partial charge < -0.3 is 9.15 Å². The van der Waals surface area contributed by atoms with Gasteiger partial charge in [-0.05, 0) is 61.7 Å². The Hall–Kier alpha value is -3.20. The van der Waals surface area contributed by atoms with Crippen molar-refractivity contribution in [1.29, 1.82) is 0 Å². The smallest absolute Gasteiger partial charge is 0.350 e. The number of benzene rings is 2. The summed E-state index contributed by atoms with van der Waals surface area (Å²) in [5.41, 5.74) is 2.98. The van der Waals surface area contributed by atoms with Gasteiger partial charge in [-0.2, -0.15) is 5.10 Å². The molecule has 0 saturated carbocycles. The third-order valence-corrected chi connectivity index (χ3v) is 7.45. The molecule has 2 aromatic heterocycles. The van der Waals surface area contributed by atoms with Crippen molar-refractivity contribution in [3.63, 3.8) is 0 Å². The van der Waals surface area contributed by atoms with E-state index in [9.17, 15) is 4.79 Å². The second kappa shape index (κ2) is 10.4. The predicted molar refractivity (Wildman–Crippen MR) is 138 cm³/mol. The molecule has 4 heterocycles. The van der Waals surface area contributed by atoms with Crippen LogP contribution in [0.5, 0.6) is 0 Å². The number of likely N-dealkylation sites (tertiary alicyclic amines) is 1. The number of piperidine rings is 1. The second-order valence-electron chi connectivity index (χ2n) is 9.99. The van der Waals surface area contributed by atoms with E-state index in [1.807, 2.05) is 30.3 Å². The summed E-state index contributed by atoms with van der Waals surface area (Å²) >= 11 is 0. The lowest BCUT2D eigenvalue weighted by Gasteiger charge is -2.31. The van der Waals surface area contributed by atoms with Gasteiger partial charge in [-0.15, -0.1) is 0 Å². The van der Waals surface area contributed by atoms with Crippen molar-refractivity contribution in [3.05, 3.63) is 82.7 Å². The molecule has 2 aliphatic heterocycles. The zero-order valence-electron chi connectivity index (χ0n) is 20.6. The monoisotopic (exact) mass is 487 g/mol. The Bertz CT molecular complexity index is 1310. The standard InChI is InChI=1S/C28H33N5O3/c34-28-32(25-7-5-22(6-8-25)18-31-13-15-35-16-14-31)21-29-33(28)19-23-9-11-30(12-10-23)20-26-17-24-3-1-2-4-27(24)36-26/h1-8,17,21,23H,9-16,18-20H2. The molecule has 4 aromatic rings. The molecule has 0 aliphatic carbocycles. The van der Waals surface area contributed by atoms with E-state index in [0.29, 0.717) is 12.5 Å². The number of hydrogen-bond donors (Lipinski definition) is 0. The molecule has 2 aliphatic rings. The Balaban J connectivity index is 1.03. The third-order valence-electron chi connectivity index (χ3n) is 7.45. The molecule has 0 radical (unpaired) electrons. The maximum atomic E-state index is 13.1. The van der Waals surface area contributed by atoms with Gasteiger partial charge in [-0.1, -0.05) is 30.3 Å². The number of fused-ring (bicyclic) bond motifs is 1. The average molecular weight is 488 g/mol. The number of hydrogen-bond acceptors (Lipinski definition) is 6. The first-order valence-electron chi connectivity index (χ1n) is 12.9. The summed E-state index contributed by atoms with van der Waals surface area (Å²) in [6.07, 6.45) is 3.75. The zero-order chi connectivity index (χ0) is 24.3. The minimum absolute atomic E-state index is 0.0689. The molecule has 2 aromatic carbocycles. The van der Waals surface area contributed by atoms with Crippen LogP contribution >= 0.6 is 0 Å². The van der Waals surface area contributed by atoms with Crippen LogP contribution in [0.4, 0.5) is 0 Å². The molecule has 0 atom stereocenters. The molecular weight excluding hydrogens is 454 g/mol. The van der Waals surface area contributed by atoms with Crippen LogP contribution in [0.1, 0.15) is 24.2 Å². The first kappa shape index (κ1) is 23.2. The quantitative estimate of drug-likeness (QED) is 0.397. The molecule has 0 bridgehead atoms. The highest BCUT2D eigenvalue weighted by Gasteiger charge is 2.22. The van der Waals surface area contributed by atoms with Gasteiger partial charge in [0.15, 0.2) is 0 Å². The van der Waals surface area contributed by atoms with E-state index in [1.54, 1.807) is 15.6 Å². The largest absolute Gasteiger partial charge is 0.460 e. The Labute approximate surface area is 210 Å². The topological polar surface area (TPSA) is 68.7 Å². The fourth-order valence-electron chi connectivity index (χ4n) is 5.33. The maximum absolute atomic E-state index is 13.1. The van der Waals surface area contributed by atoms with Crippen LogP contribution < -0.4 is 5.69 Å². The first-order chi connectivity index (χ1) is 17.7. The molecule has 0 unspecified atom stereocenters. The summed E-state index contributed by atoms with van der Waals surface area (Å²) in [7, 11) is 0. The molecule has 0 amide bonds. The Morgan fingerprint density at radius 2 is 1.64 bits per heavy atom. The number of nitrogens with zero attached hydrogens (tertiary/aromatic N) is 5. The van der Waals surface area contributed by atoms with Gasteiger partial charge in [0.2, 0.25) is 0 Å². The summed E-state index contributed by atoms with van der Waals surface area (Å²) in [5.74, 6) is 1.47. The van der Waals surface area contributed by atoms with Crippen molar-refractivity contribution in [2.45, 2.75) is 32.5 Å². The van der Waals surface area contributed by atoms with Crippen LogP contribution in [0.2, 0.25) is 0 Å². The fourth-order valence-corrected chi connectivity index (χ4v) is 5.33. The van der Waals surface area contributed by atoms with Crippen LogP contribution in [-0.2, 0) is 24.4 Å². The minimum atomic E-state index is -0.0689. The van der Waals surface area contributed by atoms with E-state index in [1.165, 1.54) is 5.56 Å². The third kappa shape index (κ3) is 5.16. The zero-order valence-corrected chi connectivity index (χ0v) is 20.6. The van der Waals surface area contributed by atoms with Crippen LogP contribution in [0.3, 0.4) is 0 Å². The van der Waals surface area contributed by atoms with Crippen molar-refractivity contribution >= 4 is 11.0 Å². The highest BCUT2D eigenvalue weighted by atomic mass is 16.5. The van der Waals surface area contributed by atoms with Gasteiger partial charge >= 0.3 is 5.69 Å². The van der Waals surface area contributed by atoms with Gasteiger partial charge in [-0.3, -0.25) is 9.80 Å². The summed E-state index contributed by atoms with van der Waals surface area (Å²) < 4.78 is 14.7. The first-order valence-corrected chi connectivity index (χ1v) is 12.9. The van der Waals surface area contributed by atoms with E-state index < -0.39 is 0 Å². The lowest BCUT2D eigenvalue weighted by Crippen LogP contribution is -2.36. The maximum Gasteiger partial charge on any atom is 0.350 e.